The van der Waals surface area contributed by atoms with Crippen LogP contribution >= 0.6 is 0 Å². The van der Waals surface area contributed by atoms with E-state index in [1.54, 1.807) is 12.1 Å². The number of halogens is 1. The third-order valence-corrected chi connectivity index (χ3v) is 4.45. The summed E-state index contributed by atoms with van der Waals surface area (Å²) in [5.74, 6) is -0.441. The summed E-state index contributed by atoms with van der Waals surface area (Å²) < 4.78 is 19.7. The molecule has 1 aromatic rings. The molecule has 1 aromatic carbocycles. The zero-order valence-corrected chi connectivity index (χ0v) is 13.2. The highest BCUT2D eigenvalue weighted by molar-refractivity contribution is 5.93. The van der Waals surface area contributed by atoms with E-state index in [2.05, 4.69) is 16.0 Å². The fourth-order valence-corrected chi connectivity index (χ4v) is 3.09. The van der Waals surface area contributed by atoms with Crippen molar-refractivity contribution in [3.8, 4) is 0 Å². The second-order valence-corrected chi connectivity index (χ2v) is 6.24. The summed E-state index contributed by atoms with van der Waals surface area (Å²) in [6.07, 6.45) is 4.11. The van der Waals surface area contributed by atoms with Gasteiger partial charge in [0.2, 0.25) is 5.91 Å². The quantitative estimate of drug-likeness (QED) is 0.779. The SMILES string of the molecule is O=C(Nc1ccc(NCC2CCCO2)c(F)c1)C1CCCNC1. The molecule has 6 heteroatoms. The van der Waals surface area contributed by atoms with Crippen molar-refractivity contribution in [1.29, 1.82) is 0 Å². The number of ether oxygens (including phenoxy) is 1. The average Bonchev–Trinajstić information content (AvgIpc) is 3.08. The Morgan fingerprint density at radius 3 is 2.96 bits per heavy atom. The lowest BCUT2D eigenvalue weighted by Crippen LogP contribution is -2.37. The zero-order chi connectivity index (χ0) is 16.1. The van der Waals surface area contributed by atoms with Crippen LogP contribution in [0.2, 0.25) is 0 Å². The molecule has 2 aliphatic heterocycles. The molecule has 0 bridgehead atoms. The fraction of sp³-hybridized carbons (Fsp3) is 0.588. The maximum Gasteiger partial charge on any atom is 0.228 e. The highest BCUT2D eigenvalue weighted by Crippen LogP contribution is 2.21. The molecule has 3 N–H and O–H groups in total. The number of amides is 1. The van der Waals surface area contributed by atoms with E-state index in [1.165, 1.54) is 6.07 Å². The van der Waals surface area contributed by atoms with Crippen molar-refractivity contribution in [2.45, 2.75) is 31.8 Å². The van der Waals surface area contributed by atoms with Gasteiger partial charge >= 0.3 is 0 Å². The molecule has 2 unspecified atom stereocenters. The number of benzene rings is 1. The lowest BCUT2D eigenvalue weighted by Gasteiger charge is -2.22. The Kier molecular flexibility index (Phi) is 5.46. The largest absolute Gasteiger partial charge is 0.380 e. The van der Waals surface area contributed by atoms with Crippen LogP contribution in [-0.4, -0.2) is 38.3 Å². The molecule has 2 heterocycles. The van der Waals surface area contributed by atoms with Crippen LogP contribution in [0.25, 0.3) is 0 Å². The summed E-state index contributed by atoms with van der Waals surface area (Å²) in [6, 6.07) is 4.76. The Labute approximate surface area is 136 Å². The van der Waals surface area contributed by atoms with Gasteiger partial charge in [-0.05, 0) is 50.4 Å². The molecular formula is C17H24FN3O2. The second-order valence-electron chi connectivity index (χ2n) is 6.24. The van der Waals surface area contributed by atoms with E-state index in [0.717, 1.165) is 38.8 Å². The van der Waals surface area contributed by atoms with E-state index < -0.39 is 0 Å². The van der Waals surface area contributed by atoms with Crippen molar-refractivity contribution in [2.75, 3.05) is 36.9 Å². The molecule has 126 valence electrons. The van der Waals surface area contributed by atoms with Gasteiger partial charge in [0.05, 0.1) is 17.7 Å². The second kappa shape index (κ2) is 7.75. The molecule has 2 atom stereocenters. The van der Waals surface area contributed by atoms with Crippen LogP contribution in [0.15, 0.2) is 18.2 Å². The van der Waals surface area contributed by atoms with Gasteiger partial charge in [-0.15, -0.1) is 0 Å². The van der Waals surface area contributed by atoms with Crippen molar-refractivity contribution in [1.82, 2.24) is 5.32 Å². The van der Waals surface area contributed by atoms with Crippen molar-refractivity contribution < 1.29 is 13.9 Å². The maximum atomic E-state index is 14.1. The predicted molar refractivity (Wildman–Crippen MR) is 88.1 cm³/mol. The highest BCUT2D eigenvalue weighted by atomic mass is 19.1. The standard InChI is InChI=1S/C17H24FN3O2/c18-15-9-13(21-17(22)12-3-1-7-19-10-12)5-6-16(15)20-11-14-4-2-8-23-14/h5-6,9,12,14,19-20H,1-4,7-8,10-11H2,(H,21,22). The molecule has 1 amide bonds. The first-order valence-electron chi connectivity index (χ1n) is 8.39. The van der Waals surface area contributed by atoms with Crippen molar-refractivity contribution >= 4 is 17.3 Å². The van der Waals surface area contributed by atoms with E-state index >= 15 is 0 Å². The summed E-state index contributed by atoms with van der Waals surface area (Å²) in [6.45, 7) is 3.05. The molecule has 0 spiro atoms. The minimum Gasteiger partial charge on any atom is -0.380 e. The summed E-state index contributed by atoms with van der Waals surface area (Å²) in [5.41, 5.74) is 0.943. The molecule has 23 heavy (non-hydrogen) atoms. The third-order valence-electron chi connectivity index (χ3n) is 4.45. The van der Waals surface area contributed by atoms with Gasteiger partial charge in [0, 0.05) is 25.4 Å². The van der Waals surface area contributed by atoms with E-state index in [4.69, 9.17) is 4.74 Å². The normalized spacial score (nSPS) is 24.4. The summed E-state index contributed by atoms with van der Waals surface area (Å²) in [4.78, 5) is 12.2. The zero-order valence-electron chi connectivity index (χ0n) is 13.2. The minimum absolute atomic E-state index is 0.0378. The monoisotopic (exact) mass is 321 g/mol. The number of nitrogens with one attached hydrogen (secondary N) is 3. The summed E-state index contributed by atoms with van der Waals surface area (Å²) in [7, 11) is 0. The lowest BCUT2D eigenvalue weighted by molar-refractivity contribution is -0.120. The molecule has 0 aliphatic carbocycles. The van der Waals surface area contributed by atoms with Gasteiger partial charge in [-0.2, -0.15) is 0 Å². The average molecular weight is 321 g/mol. The summed E-state index contributed by atoms with van der Waals surface area (Å²) >= 11 is 0. The van der Waals surface area contributed by atoms with E-state index in [9.17, 15) is 9.18 Å². The first-order valence-corrected chi connectivity index (χ1v) is 8.39. The first kappa shape index (κ1) is 16.2. The predicted octanol–water partition coefficient (Wildman–Crippen LogP) is 2.35. The number of anilines is 2. The van der Waals surface area contributed by atoms with Gasteiger partial charge in [0.15, 0.2) is 0 Å². The molecule has 3 rings (SSSR count). The number of rotatable bonds is 5. The third kappa shape index (κ3) is 4.42. The van der Waals surface area contributed by atoms with Gasteiger partial charge < -0.3 is 20.7 Å². The van der Waals surface area contributed by atoms with Gasteiger partial charge in [-0.1, -0.05) is 0 Å². The molecule has 2 fully saturated rings. The number of hydrogen-bond donors (Lipinski definition) is 3. The molecule has 2 saturated heterocycles. The Morgan fingerprint density at radius 2 is 2.26 bits per heavy atom. The van der Waals surface area contributed by atoms with Crippen LogP contribution in [0.5, 0.6) is 0 Å². The van der Waals surface area contributed by atoms with Gasteiger partial charge in [-0.25, -0.2) is 4.39 Å². The van der Waals surface area contributed by atoms with Crippen LogP contribution in [0.3, 0.4) is 0 Å². The van der Waals surface area contributed by atoms with Crippen LogP contribution in [0.4, 0.5) is 15.8 Å². The van der Waals surface area contributed by atoms with Crippen LogP contribution in [0, 0.1) is 11.7 Å². The van der Waals surface area contributed by atoms with E-state index in [1.807, 2.05) is 0 Å². The van der Waals surface area contributed by atoms with E-state index in [0.29, 0.717) is 24.5 Å². The fourth-order valence-electron chi connectivity index (χ4n) is 3.09. The Hall–Kier alpha value is -1.66. The van der Waals surface area contributed by atoms with Crippen molar-refractivity contribution in [3.05, 3.63) is 24.0 Å². The maximum absolute atomic E-state index is 14.1. The Morgan fingerprint density at radius 1 is 1.35 bits per heavy atom. The van der Waals surface area contributed by atoms with Crippen molar-refractivity contribution in [2.24, 2.45) is 5.92 Å². The van der Waals surface area contributed by atoms with Crippen molar-refractivity contribution in [3.63, 3.8) is 0 Å². The van der Waals surface area contributed by atoms with Crippen LogP contribution in [-0.2, 0) is 9.53 Å². The highest BCUT2D eigenvalue weighted by Gasteiger charge is 2.21. The Balaban J connectivity index is 1.54. The Bertz CT molecular complexity index is 541. The number of hydrogen-bond acceptors (Lipinski definition) is 4. The number of carbonyl (C=O) groups is 1. The molecule has 0 radical (unpaired) electrons. The molecule has 0 aromatic heterocycles. The number of piperidine rings is 1. The topological polar surface area (TPSA) is 62.4 Å². The van der Waals surface area contributed by atoms with Gasteiger partial charge in [0.1, 0.15) is 5.82 Å². The lowest BCUT2D eigenvalue weighted by atomic mass is 9.99. The number of carbonyl (C=O) groups excluding carboxylic acids is 1. The molecule has 5 nitrogen and oxygen atoms in total. The molecule has 2 aliphatic rings. The van der Waals surface area contributed by atoms with E-state index in [-0.39, 0.29) is 23.7 Å². The molecule has 0 saturated carbocycles. The smallest absolute Gasteiger partial charge is 0.228 e. The van der Waals surface area contributed by atoms with Crippen LogP contribution in [0.1, 0.15) is 25.7 Å². The van der Waals surface area contributed by atoms with Gasteiger partial charge in [0.25, 0.3) is 0 Å². The first-order chi connectivity index (χ1) is 11.2. The summed E-state index contributed by atoms with van der Waals surface area (Å²) in [5, 5.41) is 9.09. The van der Waals surface area contributed by atoms with Gasteiger partial charge in [-0.3, -0.25) is 4.79 Å². The van der Waals surface area contributed by atoms with Crippen LogP contribution < -0.4 is 16.0 Å². The minimum atomic E-state index is -0.359. The molecular weight excluding hydrogens is 297 g/mol.